The molecule has 0 unspecified atom stereocenters. The molecule has 1 saturated heterocycles. The molecule has 1 N–H and O–H groups in total. The highest BCUT2D eigenvalue weighted by Gasteiger charge is 2.25. The van der Waals surface area contributed by atoms with E-state index >= 15 is 0 Å². The van der Waals surface area contributed by atoms with Crippen LogP contribution < -0.4 is 5.32 Å². The lowest BCUT2D eigenvalue weighted by molar-refractivity contribution is 0.0692. The van der Waals surface area contributed by atoms with Crippen LogP contribution in [0, 0.1) is 12.8 Å². The smallest absolute Gasteiger partial charge is 0.259 e. The molecule has 0 radical (unpaired) electrons. The number of fused-ring (bicyclic) bond motifs is 1. The number of piperidine rings is 1. The summed E-state index contributed by atoms with van der Waals surface area (Å²) < 4.78 is 1.66. The lowest BCUT2D eigenvalue weighted by Gasteiger charge is -2.31. The maximum absolute atomic E-state index is 12.7. The Kier molecular flexibility index (Phi) is 3.88. The zero-order valence-electron chi connectivity index (χ0n) is 12.5. The van der Waals surface area contributed by atoms with Crippen LogP contribution in [0.2, 0.25) is 0 Å². The van der Waals surface area contributed by atoms with Gasteiger partial charge >= 0.3 is 0 Å². The van der Waals surface area contributed by atoms with E-state index in [0.717, 1.165) is 38.2 Å². The van der Waals surface area contributed by atoms with Crippen LogP contribution in [0.1, 0.15) is 28.9 Å². The van der Waals surface area contributed by atoms with Crippen molar-refractivity contribution in [2.75, 3.05) is 26.7 Å². The fraction of sp³-hybridized carbons (Fsp3) is 0.533. The molecule has 0 atom stereocenters. The van der Waals surface area contributed by atoms with Crippen molar-refractivity contribution in [3.8, 4) is 0 Å². The van der Waals surface area contributed by atoms with Crippen LogP contribution in [0.25, 0.3) is 5.65 Å². The summed E-state index contributed by atoms with van der Waals surface area (Å²) in [5.74, 6) is 0.717. The van der Waals surface area contributed by atoms with Crippen molar-refractivity contribution in [1.82, 2.24) is 24.8 Å². The Balaban J connectivity index is 1.77. The predicted molar refractivity (Wildman–Crippen MR) is 80.3 cm³/mol. The second kappa shape index (κ2) is 5.81. The van der Waals surface area contributed by atoms with Crippen molar-refractivity contribution < 1.29 is 4.79 Å². The quantitative estimate of drug-likeness (QED) is 0.918. The maximum Gasteiger partial charge on any atom is 0.259 e. The van der Waals surface area contributed by atoms with Crippen LogP contribution in [-0.2, 0) is 0 Å². The highest BCUT2D eigenvalue weighted by molar-refractivity contribution is 5.99. The molecule has 0 spiro atoms. The van der Waals surface area contributed by atoms with Crippen molar-refractivity contribution in [3.63, 3.8) is 0 Å². The summed E-state index contributed by atoms with van der Waals surface area (Å²) in [7, 11) is 1.98. The molecule has 0 saturated carbocycles. The number of amides is 1. The van der Waals surface area contributed by atoms with Crippen molar-refractivity contribution in [3.05, 3.63) is 29.7 Å². The number of aryl methyl sites for hydroxylation is 1. The molecule has 2 aromatic heterocycles. The molecule has 112 valence electrons. The number of carbonyl (C=O) groups is 1. The summed E-state index contributed by atoms with van der Waals surface area (Å²) in [6, 6.07) is 1.89. The topological polar surface area (TPSA) is 62.5 Å². The van der Waals surface area contributed by atoms with Crippen LogP contribution in [0.15, 0.2) is 18.5 Å². The third-order valence-electron chi connectivity index (χ3n) is 4.13. The number of nitrogens with zero attached hydrogens (tertiary/aromatic N) is 4. The van der Waals surface area contributed by atoms with E-state index in [2.05, 4.69) is 15.4 Å². The zero-order chi connectivity index (χ0) is 14.8. The Bertz CT molecular complexity index is 643. The molecule has 0 bridgehead atoms. The summed E-state index contributed by atoms with van der Waals surface area (Å²) >= 11 is 0. The van der Waals surface area contributed by atoms with Gasteiger partial charge in [-0.2, -0.15) is 5.10 Å². The first-order valence-corrected chi connectivity index (χ1v) is 7.44. The summed E-state index contributed by atoms with van der Waals surface area (Å²) in [6.45, 7) is 4.58. The molecule has 6 nitrogen and oxygen atoms in total. The van der Waals surface area contributed by atoms with Crippen molar-refractivity contribution in [2.24, 2.45) is 5.92 Å². The van der Waals surface area contributed by atoms with Crippen molar-refractivity contribution in [1.29, 1.82) is 0 Å². The van der Waals surface area contributed by atoms with Crippen LogP contribution >= 0.6 is 0 Å². The lowest BCUT2D eigenvalue weighted by atomic mass is 9.96. The predicted octanol–water partition coefficient (Wildman–Crippen LogP) is 1.11. The minimum absolute atomic E-state index is 0.0472. The van der Waals surface area contributed by atoms with Gasteiger partial charge in [0.15, 0.2) is 5.65 Å². The average Bonchev–Trinajstić information content (AvgIpc) is 2.90. The highest BCUT2D eigenvalue weighted by Crippen LogP contribution is 2.19. The number of hydrogen-bond acceptors (Lipinski definition) is 4. The van der Waals surface area contributed by atoms with Gasteiger partial charge in [0.2, 0.25) is 0 Å². The van der Waals surface area contributed by atoms with Crippen molar-refractivity contribution in [2.45, 2.75) is 19.8 Å². The minimum atomic E-state index is 0.0472. The minimum Gasteiger partial charge on any atom is -0.338 e. The van der Waals surface area contributed by atoms with E-state index in [1.54, 1.807) is 10.7 Å². The van der Waals surface area contributed by atoms with E-state index in [4.69, 9.17) is 0 Å². The summed E-state index contributed by atoms with van der Waals surface area (Å²) in [5, 5.41) is 7.43. The number of likely N-dealkylation sites (tertiary alicyclic amines) is 1. The van der Waals surface area contributed by atoms with Gasteiger partial charge in [0.25, 0.3) is 5.91 Å². The van der Waals surface area contributed by atoms with E-state index in [9.17, 15) is 4.79 Å². The highest BCUT2D eigenvalue weighted by atomic mass is 16.2. The first kappa shape index (κ1) is 14.0. The molecular formula is C15H21N5O. The number of hydrogen-bond donors (Lipinski definition) is 1. The third kappa shape index (κ3) is 2.76. The van der Waals surface area contributed by atoms with Gasteiger partial charge in [-0.15, -0.1) is 0 Å². The van der Waals surface area contributed by atoms with Crippen molar-refractivity contribution >= 4 is 11.6 Å². The van der Waals surface area contributed by atoms with Crippen LogP contribution in [0.4, 0.5) is 0 Å². The number of aromatic nitrogens is 3. The van der Waals surface area contributed by atoms with Gasteiger partial charge in [-0.05, 0) is 45.3 Å². The number of rotatable bonds is 3. The summed E-state index contributed by atoms with van der Waals surface area (Å²) in [5.41, 5.74) is 2.15. The monoisotopic (exact) mass is 287 g/mol. The molecule has 6 heteroatoms. The van der Waals surface area contributed by atoms with Gasteiger partial charge in [-0.25, -0.2) is 9.50 Å². The Morgan fingerprint density at radius 2 is 2.19 bits per heavy atom. The molecule has 3 heterocycles. The van der Waals surface area contributed by atoms with Gasteiger partial charge in [0.1, 0.15) is 5.56 Å². The number of carbonyl (C=O) groups excluding carboxylic acids is 1. The fourth-order valence-corrected chi connectivity index (χ4v) is 2.91. The molecule has 0 aromatic carbocycles. The Labute approximate surface area is 124 Å². The Hall–Kier alpha value is -1.95. The van der Waals surface area contributed by atoms with E-state index in [1.165, 1.54) is 0 Å². The van der Waals surface area contributed by atoms with E-state index in [0.29, 0.717) is 17.1 Å². The largest absolute Gasteiger partial charge is 0.338 e. The molecule has 2 aromatic rings. The molecule has 1 aliphatic rings. The second-order valence-corrected chi connectivity index (χ2v) is 5.69. The first-order chi connectivity index (χ1) is 10.2. The summed E-state index contributed by atoms with van der Waals surface area (Å²) in [4.78, 5) is 19.0. The van der Waals surface area contributed by atoms with E-state index in [1.807, 2.05) is 31.1 Å². The van der Waals surface area contributed by atoms with Gasteiger partial charge in [0, 0.05) is 25.0 Å². The maximum atomic E-state index is 12.7. The molecule has 0 aliphatic carbocycles. The average molecular weight is 287 g/mol. The van der Waals surface area contributed by atoms with Gasteiger partial charge in [-0.1, -0.05) is 0 Å². The van der Waals surface area contributed by atoms with E-state index < -0.39 is 0 Å². The van der Waals surface area contributed by atoms with Gasteiger partial charge < -0.3 is 10.2 Å². The SMILES string of the molecule is CNCC1CCN(C(=O)c2cnn3ccc(C)nc23)CC1. The van der Waals surface area contributed by atoms with Crippen LogP contribution in [0.5, 0.6) is 0 Å². The third-order valence-corrected chi connectivity index (χ3v) is 4.13. The van der Waals surface area contributed by atoms with Gasteiger partial charge in [0.05, 0.1) is 6.20 Å². The molecular weight excluding hydrogens is 266 g/mol. The normalized spacial score (nSPS) is 16.6. The van der Waals surface area contributed by atoms with Gasteiger partial charge in [-0.3, -0.25) is 4.79 Å². The van der Waals surface area contributed by atoms with Crippen LogP contribution in [-0.4, -0.2) is 52.1 Å². The van der Waals surface area contributed by atoms with Crippen LogP contribution in [0.3, 0.4) is 0 Å². The molecule has 1 amide bonds. The first-order valence-electron chi connectivity index (χ1n) is 7.44. The molecule has 3 rings (SSSR count). The molecule has 21 heavy (non-hydrogen) atoms. The Morgan fingerprint density at radius 1 is 1.43 bits per heavy atom. The summed E-state index contributed by atoms with van der Waals surface area (Å²) in [6.07, 6.45) is 5.58. The number of nitrogens with one attached hydrogen (secondary N) is 1. The molecule has 1 fully saturated rings. The lowest BCUT2D eigenvalue weighted by Crippen LogP contribution is -2.40. The Morgan fingerprint density at radius 3 is 2.90 bits per heavy atom. The second-order valence-electron chi connectivity index (χ2n) is 5.69. The van der Waals surface area contributed by atoms with E-state index in [-0.39, 0.29) is 5.91 Å². The standard InChI is InChI=1S/C15H21N5O/c1-11-3-8-20-14(18-11)13(10-17-20)15(21)19-6-4-12(5-7-19)9-16-2/h3,8,10,12,16H,4-7,9H2,1-2H3. The fourth-order valence-electron chi connectivity index (χ4n) is 2.91. The molecule has 1 aliphatic heterocycles. The zero-order valence-corrected chi connectivity index (χ0v) is 12.5.